The minimum absolute atomic E-state index is 0.268. The number of hydrogen-bond acceptors (Lipinski definition) is 5. The van der Waals surface area contributed by atoms with Crippen molar-refractivity contribution in [1.29, 1.82) is 0 Å². The molecule has 1 amide bonds. The highest BCUT2D eigenvalue weighted by molar-refractivity contribution is 6.04. The number of anilines is 1. The zero-order valence-corrected chi connectivity index (χ0v) is 13.7. The zero-order chi connectivity index (χ0) is 17.8. The topological polar surface area (TPSA) is 77.0 Å². The van der Waals surface area contributed by atoms with Crippen LogP contribution >= 0.6 is 0 Å². The molecule has 0 atom stereocenters. The Labute approximate surface area is 149 Å². The van der Waals surface area contributed by atoms with Crippen molar-refractivity contribution in [3.05, 3.63) is 84.8 Å². The van der Waals surface area contributed by atoms with Gasteiger partial charge < -0.3 is 10.1 Å². The summed E-state index contributed by atoms with van der Waals surface area (Å²) in [5.41, 5.74) is 1.79. The summed E-state index contributed by atoms with van der Waals surface area (Å²) >= 11 is 0. The Morgan fingerprint density at radius 1 is 0.846 bits per heavy atom. The van der Waals surface area contributed by atoms with Gasteiger partial charge in [-0.15, -0.1) is 0 Å². The van der Waals surface area contributed by atoms with Crippen molar-refractivity contribution in [1.82, 2.24) is 15.0 Å². The molecule has 0 radical (unpaired) electrons. The first-order valence-corrected chi connectivity index (χ1v) is 8.00. The molecule has 126 valence electrons. The molecule has 4 rings (SSSR count). The fraction of sp³-hybridized carbons (Fsp3) is 0. The first-order chi connectivity index (χ1) is 12.8. The van der Waals surface area contributed by atoms with Crippen LogP contribution in [0.4, 0.5) is 5.69 Å². The van der Waals surface area contributed by atoms with E-state index in [4.69, 9.17) is 4.74 Å². The van der Waals surface area contributed by atoms with Crippen LogP contribution in [0, 0.1) is 0 Å². The number of hydrogen-bond donors (Lipinski definition) is 1. The predicted octanol–water partition coefficient (Wildman–Crippen LogP) is 4.07. The van der Waals surface area contributed by atoms with E-state index in [9.17, 15) is 4.79 Å². The maximum Gasteiger partial charge on any atom is 0.321 e. The van der Waals surface area contributed by atoms with Crippen molar-refractivity contribution < 1.29 is 9.53 Å². The van der Waals surface area contributed by atoms with E-state index < -0.39 is 0 Å². The number of benzene rings is 2. The first-order valence-electron chi connectivity index (χ1n) is 8.00. The molecule has 6 heteroatoms. The number of ether oxygens (including phenoxy) is 1. The number of carbonyl (C=O) groups excluding carboxylic acids is 1. The lowest BCUT2D eigenvalue weighted by Crippen LogP contribution is -2.13. The Hall–Kier alpha value is -3.80. The SMILES string of the molecule is O=C(Nc1ccc(Oc2ncccn2)cc1)c1ccc2ccccc2n1. The van der Waals surface area contributed by atoms with Gasteiger partial charge in [-0.2, -0.15) is 0 Å². The van der Waals surface area contributed by atoms with E-state index in [0.29, 0.717) is 17.1 Å². The van der Waals surface area contributed by atoms with E-state index in [1.165, 1.54) is 0 Å². The van der Waals surface area contributed by atoms with Gasteiger partial charge in [-0.05, 0) is 42.5 Å². The minimum Gasteiger partial charge on any atom is -0.424 e. The second-order valence-electron chi connectivity index (χ2n) is 5.50. The average molecular weight is 342 g/mol. The Morgan fingerprint density at radius 2 is 1.62 bits per heavy atom. The van der Waals surface area contributed by atoms with Crippen LogP contribution in [-0.4, -0.2) is 20.9 Å². The fourth-order valence-electron chi connectivity index (χ4n) is 2.44. The molecule has 2 heterocycles. The second-order valence-corrected chi connectivity index (χ2v) is 5.50. The second kappa shape index (κ2) is 6.98. The largest absolute Gasteiger partial charge is 0.424 e. The Bertz CT molecular complexity index is 1050. The lowest BCUT2D eigenvalue weighted by atomic mass is 10.2. The number of rotatable bonds is 4. The summed E-state index contributed by atoms with van der Waals surface area (Å²) in [7, 11) is 0. The maximum absolute atomic E-state index is 12.4. The van der Waals surface area contributed by atoms with E-state index in [0.717, 1.165) is 10.9 Å². The van der Waals surface area contributed by atoms with Gasteiger partial charge in [0.05, 0.1) is 5.52 Å². The quantitative estimate of drug-likeness (QED) is 0.605. The molecule has 0 fully saturated rings. The Kier molecular flexibility index (Phi) is 4.22. The van der Waals surface area contributed by atoms with Gasteiger partial charge in [-0.25, -0.2) is 15.0 Å². The van der Waals surface area contributed by atoms with Crippen LogP contribution in [0.25, 0.3) is 10.9 Å². The normalized spacial score (nSPS) is 10.5. The van der Waals surface area contributed by atoms with Crippen LogP contribution in [0.3, 0.4) is 0 Å². The van der Waals surface area contributed by atoms with Crippen LogP contribution < -0.4 is 10.1 Å². The van der Waals surface area contributed by atoms with Crippen molar-refractivity contribution in [3.8, 4) is 11.8 Å². The molecule has 1 N–H and O–H groups in total. The van der Waals surface area contributed by atoms with Crippen LogP contribution in [0.1, 0.15) is 10.5 Å². The van der Waals surface area contributed by atoms with Crippen LogP contribution in [-0.2, 0) is 0 Å². The van der Waals surface area contributed by atoms with Crippen LogP contribution in [0.15, 0.2) is 79.1 Å². The van der Waals surface area contributed by atoms with Gasteiger partial charge in [-0.3, -0.25) is 4.79 Å². The van der Waals surface area contributed by atoms with Crippen molar-refractivity contribution in [2.45, 2.75) is 0 Å². The van der Waals surface area contributed by atoms with Crippen LogP contribution in [0.2, 0.25) is 0 Å². The van der Waals surface area contributed by atoms with Gasteiger partial charge >= 0.3 is 6.01 Å². The fourth-order valence-corrected chi connectivity index (χ4v) is 2.44. The number of nitrogens with zero attached hydrogens (tertiary/aromatic N) is 3. The molecule has 0 unspecified atom stereocenters. The zero-order valence-electron chi connectivity index (χ0n) is 13.7. The van der Waals surface area contributed by atoms with Gasteiger partial charge in [0, 0.05) is 23.5 Å². The molecule has 0 aliphatic rings. The molecule has 4 aromatic rings. The number of pyridine rings is 1. The van der Waals surface area contributed by atoms with Crippen molar-refractivity contribution in [2.24, 2.45) is 0 Å². The van der Waals surface area contributed by atoms with Gasteiger partial charge in [-0.1, -0.05) is 24.3 Å². The highest BCUT2D eigenvalue weighted by Crippen LogP contribution is 2.20. The van der Waals surface area contributed by atoms with Crippen molar-refractivity contribution >= 4 is 22.5 Å². The number of fused-ring (bicyclic) bond motifs is 1. The molecule has 6 nitrogen and oxygen atoms in total. The lowest BCUT2D eigenvalue weighted by Gasteiger charge is -2.07. The Balaban J connectivity index is 1.46. The van der Waals surface area contributed by atoms with Gasteiger partial charge in [0.25, 0.3) is 5.91 Å². The molecule has 0 saturated carbocycles. The molecule has 26 heavy (non-hydrogen) atoms. The summed E-state index contributed by atoms with van der Waals surface area (Å²) in [6, 6.07) is 20.2. The van der Waals surface area contributed by atoms with Crippen molar-refractivity contribution in [3.63, 3.8) is 0 Å². The smallest absolute Gasteiger partial charge is 0.321 e. The number of carbonyl (C=O) groups is 1. The van der Waals surface area contributed by atoms with E-state index in [2.05, 4.69) is 20.3 Å². The number of nitrogens with one attached hydrogen (secondary N) is 1. The van der Waals surface area contributed by atoms with Crippen molar-refractivity contribution in [2.75, 3.05) is 5.32 Å². The Morgan fingerprint density at radius 3 is 2.42 bits per heavy atom. The van der Waals surface area contributed by atoms with Crippen LogP contribution in [0.5, 0.6) is 11.8 Å². The number of amides is 1. The van der Waals surface area contributed by atoms with E-state index in [1.54, 1.807) is 48.8 Å². The summed E-state index contributed by atoms with van der Waals surface area (Å²) in [5.74, 6) is 0.314. The number of para-hydroxylation sites is 1. The van der Waals surface area contributed by atoms with E-state index in [1.807, 2.05) is 30.3 Å². The molecule has 2 aromatic heterocycles. The molecule has 0 saturated heterocycles. The van der Waals surface area contributed by atoms with Gasteiger partial charge in [0.15, 0.2) is 0 Å². The third kappa shape index (κ3) is 3.49. The summed E-state index contributed by atoms with van der Waals surface area (Å²) in [6.45, 7) is 0. The summed E-state index contributed by atoms with van der Waals surface area (Å²) < 4.78 is 5.52. The van der Waals surface area contributed by atoms with Gasteiger partial charge in [0.2, 0.25) is 0 Å². The summed E-state index contributed by atoms with van der Waals surface area (Å²) in [5, 5.41) is 3.82. The van der Waals surface area contributed by atoms with Gasteiger partial charge in [0.1, 0.15) is 11.4 Å². The maximum atomic E-state index is 12.4. The first kappa shape index (κ1) is 15.7. The molecular formula is C20H14N4O2. The molecular weight excluding hydrogens is 328 g/mol. The standard InChI is InChI=1S/C20H14N4O2/c25-19(18-11-6-14-4-1-2-5-17(14)24-18)23-15-7-9-16(10-8-15)26-20-21-12-3-13-22-20/h1-13H,(H,23,25). The molecule has 0 bridgehead atoms. The third-order valence-electron chi connectivity index (χ3n) is 3.69. The number of aromatic nitrogens is 3. The minimum atomic E-state index is -0.268. The van der Waals surface area contributed by atoms with E-state index in [-0.39, 0.29) is 11.9 Å². The lowest BCUT2D eigenvalue weighted by molar-refractivity contribution is 0.102. The van der Waals surface area contributed by atoms with E-state index >= 15 is 0 Å². The summed E-state index contributed by atoms with van der Waals surface area (Å²) in [4.78, 5) is 24.8. The third-order valence-corrected chi connectivity index (χ3v) is 3.69. The predicted molar refractivity (Wildman–Crippen MR) is 98.2 cm³/mol. The highest BCUT2D eigenvalue weighted by atomic mass is 16.5. The highest BCUT2D eigenvalue weighted by Gasteiger charge is 2.09. The molecule has 0 aliphatic carbocycles. The molecule has 0 spiro atoms. The molecule has 0 aliphatic heterocycles. The monoisotopic (exact) mass is 342 g/mol. The molecule has 2 aromatic carbocycles. The average Bonchev–Trinajstić information content (AvgIpc) is 2.70. The summed E-state index contributed by atoms with van der Waals surface area (Å²) in [6.07, 6.45) is 3.21.